The number of alkyl halides is 3. The van der Waals surface area contributed by atoms with E-state index in [9.17, 15) is 13.2 Å². The molecular formula is C13H19F3O3Si. The molecule has 1 aromatic carbocycles. The topological polar surface area (TPSA) is 27.7 Å². The summed E-state index contributed by atoms with van der Waals surface area (Å²) < 4.78 is 54.6. The largest absolute Gasteiger partial charge is 0.537 e. The van der Waals surface area contributed by atoms with Crippen LogP contribution in [0.2, 0.25) is 0 Å². The smallest absolute Gasteiger partial charge is 0.370 e. The van der Waals surface area contributed by atoms with Gasteiger partial charge in [-0.25, -0.2) is 0 Å². The number of benzene rings is 1. The zero-order valence-electron chi connectivity index (χ0n) is 11.8. The molecule has 0 aliphatic heterocycles. The van der Waals surface area contributed by atoms with Gasteiger partial charge in [0.2, 0.25) is 0 Å². The van der Waals surface area contributed by atoms with Gasteiger partial charge in [-0.3, -0.25) is 0 Å². The first-order valence-electron chi connectivity index (χ1n) is 6.49. The van der Waals surface area contributed by atoms with Gasteiger partial charge in [-0.05, 0) is 32.9 Å². The minimum atomic E-state index is -4.36. The minimum absolute atomic E-state index is 0.368. The number of halogens is 3. The second-order valence-electron chi connectivity index (χ2n) is 3.93. The normalized spacial score (nSPS) is 12.7. The third-order valence-corrected chi connectivity index (χ3v) is 5.62. The van der Waals surface area contributed by atoms with E-state index in [1.165, 1.54) is 12.1 Å². The summed E-state index contributed by atoms with van der Waals surface area (Å²) in [6.45, 7) is 6.49. The van der Waals surface area contributed by atoms with Crippen LogP contribution in [0.4, 0.5) is 13.2 Å². The first-order valence-corrected chi connectivity index (χ1v) is 8.21. The maximum atomic E-state index is 12.6. The molecule has 0 aliphatic carbocycles. The Bertz CT molecular complexity index is 389. The molecule has 0 aromatic heterocycles. The van der Waals surface area contributed by atoms with Gasteiger partial charge in [-0.15, -0.1) is 0 Å². The van der Waals surface area contributed by atoms with Crippen LogP contribution in [0.25, 0.3) is 0 Å². The van der Waals surface area contributed by atoms with Crippen molar-refractivity contribution in [2.75, 3.05) is 19.8 Å². The van der Waals surface area contributed by atoms with E-state index in [-0.39, 0.29) is 0 Å². The average molecular weight is 308 g/mol. The maximum Gasteiger partial charge on any atom is 0.537 e. The Morgan fingerprint density at radius 3 is 1.55 bits per heavy atom. The van der Waals surface area contributed by atoms with Crippen LogP contribution in [-0.4, -0.2) is 28.6 Å². The maximum absolute atomic E-state index is 12.6. The molecule has 1 aromatic rings. The van der Waals surface area contributed by atoms with Crippen molar-refractivity contribution in [2.24, 2.45) is 0 Å². The first kappa shape index (κ1) is 17.2. The molecule has 114 valence electrons. The van der Waals surface area contributed by atoms with Crippen LogP contribution in [-0.2, 0) is 19.5 Å². The van der Waals surface area contributed by atoms with Gasteiger partial charge in [0.05, 0.1) is 5.56 Å². The second-order valence-corrected chi connectivity index (χ2v) is 6.49. The second kappa shape index (κ2) is 7.21. The van der Waals surface area contributed by atoms with Gasteiger partial charge in [-0.1, -0.05) is 12.1 Å². The highest BCUT2D eigenvalue weighted by atomic mass is 28.4. The van der Waals surface area contributed by atoms with E-state index in [0.29, 0.717) is 25.0 Å². The molecule has 20 heavy (non-hydrogen) atoms. The van der Waals surface area contributed by atoms with Gasteiger partial charge < -0.3 is 13.3 Å². The van der Waals surface area contributed by atoms with Crippen molar-refractivity contribution in [3.8, 4) is 0 Å². The van der Waals surface area contributed by atoms with Crippen LogP contribution in [0.15, 0.2) is 24.3 Å². The Kier molecular flexibility index (Phi) is 6.19. The summed E-state index contributed by atoms with van der Waals surface area (Å²) in [7, 11) is -3.12. The highest BCUT2D eigenvalue weighted by Gasteiger charge is 2.43. The molecule has 1 rings (SSSR count). The number of hydrogen-bond acceptors (Lipinski definition) is 3. The zero-order chi connectivity index (χ0) is 15.2. The Morgan fingerprint density at radius 2 is 1.25 bits per heavy atom. The third-order valence-electron chi connectivity index (χ3n) is 2.57. The lowest BCUT2D eigenvalue weighted by molar-refractivity contribution is -0.137. The number of hydrogen-bond donors (Lipinski definition) is 0. The molecule has 0 atom stereocenters. The zero-order valence-corrected chi connectivity index (χ0v) is 12.8. The number of rotatable bonds is 7. The van der Waals surface area contributed by atoms with Crippen molar-refractivity contribution >= 4 is 14.0 Å². The highest BCUT2D eigenvalue weighted by Crippen LogP contribution is 2.28. The molecule has 0 spiro atoms. The van der Waals surface area contributed by atoms with Crippen LogP contribution in [0.3, 0.4) is 0 Å². The van der Waals surface area contributed by atoms with Gasteiger partial charge in [0.1, 0.15) is 0 Å². The summed E-state index contributed by atoms with van der Waals surface area (Å²) >= 11 is 0. The quantitative estimate of drug-likeness (QED) is 0.725. The summed E-state index contributed by atoms with van der Waals surface area (Å²) in [6, 6.07) is 4.79. The molecule has 0 saturated carbocycles. The van der Waals surface area contributed by atoms with Crippen molar-refractivity contribution < 1.29 is 26.4 Å². The van der Waals surface area contributed by atoms with Gasteiger partial charge in [0.25, 0.3) is 0 Å². The summed E-state index contributed by atoms with van der Waals surface area (Å²) in [5.41, 5.74) is -0.700. The third kappa shape index (κ3) is 4.05. The van der Waals surface area contributed by atoms with E-state index in [2.05, 4.69) is 0 Å². The van der Waals surface area contributed by atoms with Gasteiger partial charge in [0.15, 0.2) is 0 Å². The van der Waals surface area contributed by atoms with Gasteiger partial charge in [0, 0.05) is 25.0 Å². The van der Waals surface area contributed by atoms with E-state index < -0.39 is 20.5 Å². The lowest BCUT2D eigenvalue weighted by atomic mass is 10.2. The molecule has 3 nitrogen and oxygen atoms in total. The summed E-state index contributed by atoms with van der Waals surface area (Å²) in [6.07, 6.45) is -4.36. The highest BCUT2D eigenvalue weighted by molar-refractivity contribution is 6.75. The molecule has 0 N–H and O–H groups in total. The predicted molar refractivity (Wildman–Crippen MR) is 71.7 cm³/mol. The molecule has 0 radical (unpaired) electrons. The molecule has 0 saturated heterocycles. The Labute approximate surface area is 118 Å². The molecule has 0 bridgehead atoms. The lowest BCUT2D eigenvalue weighted by Crippen LogP contribution is -2.56. The van der Waals surface area contributed by atoms with E-state index in [1.807, 2.05) is 0 Å². The van der Waals surface area contributed by atoms with Crippen LogP contribution in [0.1, 0.15) is 26.3 Å². The van der Waals surface area contributed by atoms with Crippen molar-refractivity contribution in [1.29, 1.82) is 0 Å². The fourth-order valence-corrected chi connectivity index (χ4v) is 4.27. The molecule has 0 aliphatic rings. The van der Waals surface area contributed by atoms with Crippen LogP contribution in [0, 0.1) is 0 Å². The molecule has 0 amide bonds. The molecular weight excluding hydrogens is 289 g/mol. The SMILES string of the molecule is CCO[Si](OCC)(OCC)c1ccc(C(F)(F)F)cc1. The van der Waals surface area contributed by atoms with Crippen molar-refractivity contribution in [3.05, 3.63) is 29.8 Å². The molecule has 0 unspecified atom stereocenters. The molecule has 7 heteroatoms. The Morgan fingerprint density at radius 1 is 0.850 bits per heavy atom. The predicted octanol–water partition coefficient (Wildman–Crippen LogP) is 2.96. The average Bonchev–Trinajstić information content (AvgIpc) is 2.38. The summed E-state index contributed by atoms with van der Waals surface area (Å²) in [4.78, 5) is 0. The van der Waals surface area contributed by atoms with Gasteiger partial charge in [-0.2, -0.15) is 13.2 Å². The fraction of sp³-hybridized carbons (Fsp3) is 0.538. The van der Waals surface area contributed by atoms with E-state index in [4.69, 9.17) is 13.3 Å². The minimum Gasteiger partial charge on any atom is -0.370 e. The summed E-state index contributed by atoms with van der Waals surface area (Å²) in [5, 5.41) is 0.538. The first-order chi connectivity index (χ1) is 9.39. The lowest BCUT2D eigenvalue weighted by Gasteiger charge is -2.28. The van der Waals surface area contributed by atoms with Crippen molar-refractivity contribution in [2.45, 2.75) is 26.9 Å². The van der Waals surface area contributed by atoms with Crippen molar-refractivity contribution in [1.82, 2.24) is 0 Å². The Hall–Kier alpha value is -0.893. The molecule has 0 heterocycles. The van der Waals surface area contributed by atoms with E-state index in [1.54, 1.807) is 20.8 Å². The van der Waals surface area contributed by atoms with Crippen molar-refractivity contribution in [3.63, 3.8) is 0 Å². The monoisotopic (exact) mass is 308 g/mol. The fourth-order valence-electron chi connectivity index (χ4n) is 1.81. The van der Waals surface area contributed by atoms with Crippen LogP contribution < -0.4 is 5.19 Å². The summed E-state index contributed by atoms with van der Waals surface area (Å²) in [5.74, 6) is 0. The van der Waals surface area contributed by atoms with Crippen LogP contribution in [0.5, 0.6) is 0 Å². The van der Waals surface area contributed by atoms with E-state index >= 15 is 0 Å². The van der Waals surface area contributed by atoms with Gasteiger partial charge >= 0.3 is 15.0 Å². The molecule has 0 fully saturated rings. The Balaban J connectivity index is 3.13. The van der Waals surface area contributed by atoms with E-state index in [0.717, 1.165) is 12.1 Å². The van der Waals surface area contributed by atoms with Crippen LogP contribution >= 0.6 is 0 Å². The standard InChI is InChI=1S/C13H19F3O3Si/c1-4-17-20(18-5-2,19-6-3)12-9-7-11(8-10-12)13(14,15)16/h7-10H,4-6H2,1-3H3.